The maximum absolute atomic E-state index is 11.9. The van der Waals surface area contributed by atoms with Gasteiger partial charge in [0, 0.05) is 29.3 Å². The fourth-order valence-electron chi connectivity index (χ4n) is 2.78. The van der Waals surface area contributed by atoms with Crippen LogP contribution in [0.3, 0.4) is 0 Å². The Hall–Kier alpha value is -1.30. The minimum Gasteiger partial charge on any atom is -0.376 e. The molecule has 4 N–H and O–H groups in total. The molecule has 6 heteroatoms. The molecule has 1 saturated heterocycles. The Labute approximate surface area is 116 Å². The Morgan fingerprint density at radius 3 is 2.84 bits per heavy atom. The van der Waals surface area contributed by atoms with Crippen molar-refractivity contribution in [1.29, 1.82) is 0 Å². The number of fused-ring (bicyclic) bond motifs is 1. The van der Waals surface area contributed by atoms with Crippen molar-refractivity contribution in [2.24, 2.45) is 11.7 Å². The van der Waals surface area contributed by atoms with E-state index in [4.69, 9.17) is 22.1 Å². The van der Waals surface area contributed by atoms with Crippen LogP contribution in [0.25, 0.3) is 0 Å². The molecular weight excluding hydrogens is 266 g/mol. The molecule has 19 heavy (non-hydrogen) atoms. The van der Waals surface area contributed by atoms with Gasteiger partial charge in [-0.1, -0.05) is 11.6 Å². The molecule has 2 amide bonds. The molecule has 102 valence electrons. The first-order valence-electron chi connectivity index (χ1n) is 6.35. The molecule has 3 rings (SSSR count). The van der Waals surface area contributed by atoms with Gasteiger partial charge in [-0.25, -0.2) is 4.79 Å². The number of anilines is 1. The number of hydrogen-bond acceptors (Lipinski definition) is 3. The first-order valence-corrected chi connectivity index (χ1v) is 6.73. The van der Waals surface area contributed by atoms with Crippen LogP contribution in [0.15, 0.2) is 24.3 Å². The maximum Gasteiger partial charge on any atom is 0.319 e. The van der Waals surface area contributed by atoms with Gasteiger partial charge < -0.3 is 21.1 Å². The van der Waals surface area contributed by atoms with Crippen LogP contribution in [0.4, 0.5) is 10.5 Å². The lowest BCUT2D eigenvalue weighted by Crippen LogP contribution is -2.69. The van der Waals surface area contributed by atoms with Gasteiger partial charge in [-0.15, -0.1) is 0 Å². The molecule has 4 unspecified atom stereocenters. The van der Waals surface area contributed by atoms with Crippen molar-refractivity contribution in [3.8, 4) is 0 Å². The smallest absolute Gasteiger partial charge is 0.319 e. The molecule has 0 radical (unpaired) electrons. The van der Waals surface area contributed by atoms with Crippen LogP contribution in [0.5, 0.6) is 0 Å². The summed E-state index contributed by atoms with van der Waals surface area (Å²) >= 11 is 5.78. The highest BCUT2D eigenvalue weighted by atomic mass is 35.5. The fourth-order valence-corrected chi connectivity index (χ4v) is 2.91. The predicted molar refractivity (Wildman–Crippen MR) is 73.2 cm³/mol. The van der Waals surface area contributed by atoms with Gasteiger partial charge in [0.05, 0.1) is 12.1 Å². The van der Waals surface area contributed by atoms with E-state index in [1.54, 1.807) is 24.3 Å². The van der Waals surface area contributed by atoms with Gasteiger partial charge in [0.1, 0.15) is 0 Å². The number of hydrogen-bond donors (Lipinski definition) is 3. The van der Waals surface area contributed by atoms with E-state index < -0.39 is 0 Å². The third kappa shape index (κ3) is 2.41. The number of carbonyl (C=O) groups is 1. The molecule has 1 aliphatic carbocycles. The van der Waals surface area contributed by atoms with Crippen molar-refractivity contribution in [2.75, 3.05) is 11.9 Å². The Bertz CT molecular complexity index is 479. The number of urea groups is 1. The number of halogens is 1. The number of benzene rings is 1. The summed E-state index contributed by atoms with van der Waals surface area (Å²) in [5.74, 6) is 0.390. The second-order valence-electron chi connectivity index (χ2n) is 5.00. The summed E-state index contributed by atoms with van der Waals surface area (Å²) in [4.78, 5) is 11.9. The number of amides is 2. The van der Waals surface area contributed by atoms with E-state index in [-0.39, 0.29) is 24.2 Å². The zero-order valence-electron chi connectivity index (χ0n) is 10.3. The van der Waals surface area contributed by atoms with Gasteiger partial charge in [-0.2, -0.15) is 0 Å². The average Bonchev–Trinajstić information content (AvgIpc) is 2.83. The van der Waals surface area contributed by atoms with Crippen molar-refractivity contribution in [3.05, 3.63) is 29.3 Å². The van der Waals surface area contributed by atoms with E-state index >= 15 is 0 Å². The lowest BCUT2D eigenvalue weighted by molar-refractivity contribution is -0.0128. The molecule has 2 fully saturated rings. The first kappa shape index (κ1) is 12.7. The Balaban J connectivity index is 1.55. The van der Waals surface area contributed by atoms with E-state index in [2.05, 4.69) is 10.6 Å². The van der Waals surface area contributed by atoms with Gasteiger partial charge >= 0.3 is 6.03 Å². The summed E-state index contributed by atoms with van der Waals surface area (Å²) in [6.45, 7) is 0.736. The van der Waals surface area contributed by atoms with E-state index in [1.165, 1.54) is 0 Å². The molecule has 1 heterocycles. The van der Waals surface area contributed by atoms with E-state index in [0.29, 0.717) is 16.6 Å². The zero-order chi connectivity index (χ0) is 13.4. The maximum atomic E-state index is 11.9. The fraction of sp³-hybridized carbons (Fsp3) is 0.462. The van der Waals surface area contributed by atoms with Crippen LogP contribution in [-0.2, 0) is 4.74 Å². The minimum absolute atomic E-state index is 0.0107. The standard InChI is InChI=1S/C13H16ClN3O2/c14-7-1-3-8(4-2-7)16-13(18)17-11-10(15)9-5-6-19-12(9)11/h1-4,9-12H,5-6,15H2,(H2,16,17,18). The molecule has 1 aromatic carbocycles. The summed E-state index contributed by atoms with van der Waals surface area (Å²) in [6.07, 6.45) is 1.06. The second-order valence-corrected chi connectivity index (χ2v) is 5.43. The molecule has 0 spiro atoms. The molecule has 1 aliphatic heterocycles. The number of rotatable bonds is 2. The summed E-state index contributed by atoms with van der Waals surface area (Å²) in [6, 6.07) is 6.57. The first-order chi connectivity index (χ1) is 9.15. The van der Waals surface area contributed by atoms with Crippen molar-refractivity contribution in [2.45, 2.75) is 24.6 Å². The largest absolute Gasteiger partial charge is 0.376 e. The molecule has 4 atom stereocenters. The normalized spacial score (nSPS) is 32.3. The highest BCUT2D eigenvalue weighted by Crippen LogP contribution is 2.37. The van der Waals surface area contributed by atoms with E-state index in [9.17, 15) is 4.79 Å². The van der Waals surface area contributed by atoms with Crippen LogP contribution < -0.4 is 16.4 Å². The Kier molecular flexibility index (Phi) is 3.35. The van der Waals surface area contributed by atoms with Crippen LogP contribution in [-0.4, -0.2) is 30.8 Å². The van der Waals surface area contributed by atoms with Crippen LogP contribution >= 0.6 is 11.6 Å². The topological polar surface area (TPSA) is 76.4 Å². The minimum atomic E-state index is -0.267. The van der Waals surface area contributed by atoms with Gasteiger partial charge in [0.15, 0.2) is 0 Å². The third-order valence-corrected chi connectivity index (χ3v) is 4.10. The highest BCUT2D eigenvalue weighted by Gasteiger charge is 2.52. The van der Waals surface area contributed by atoms with E-state index in [1.807, 2.05) is 0 Å². The third-order valence-electron chi connectivity index (χ3n) is 3.85. The van der Waals surface area contributed by atoms with Gasteiger partial charge in [-0.3, -0.25) is 0 Å². The molecule has 5 nitrogen and oxygen atoms in total. The Morgan fingerprint density at radius 2 is 2.11 bits per heavy atom. The summed E-state index contributed by atoms with van der Waals surface area (Å²) in [7, 11) is 0. The molecule has 1 aromatic rings. The average molecular weight is 282 g/mol. The molecule has 1 saturated carbocycles. The van der Waals surface area contributed by atoms with Crippen LogP contribution in [0, 0.1) is 5.92 Å². The SMILES string of the molecule is NC1C2CCOC2C1NC(=O)Nc1ccc(Cl)cc1. The molecular formula is C13H16ClN3O2. The summed E-state index contributed by atoms with van der Waals surface area (Å²) in [5.41, 5.74) is 6.72. The van der Waals surface area contributed by atoms with Crippen molar-refractivity contribution < 1.29 is 9.53 Å². The van der Waals surface area contributed by atoms with E-state index in [0.717, 1.165) is 13.0 Å². The van der Waals surface area contributed by atoms with Crippen LogP contribution in [0.1, 0.15) is 6.42 Å². The molecule has 0 aromatic heterocycles. The lowest BCUT2D eigenvalue weighted by atomic mass is 9.72. The predicted octanol–water partition coefficient (Wildman–Crippen LogP) is 1.58. The van der Waals surface area contributed by atoms with Crippen molar-refractivity contribution in [3.63, 3.8) is 0 Å². The van der Waals surface area contributed by atoms with Crippen LogP contribution in [0.2, 0.25) is 5.02 Å². The quantitative estimate of drug-likeness (QED) is 0.770. The lowest BCUT2D eigenvalue weighted by Gasteiger charge is -2.45. The number of nitrogens with one attached hydrogen (secondary N) is 2. The molecule has 2 aliphatic rings. The number of carbonyl (C=O) groups excluding carboxylic acids is 1. The summed E-state index contributed by atoms with van der Waals surface area (Å²) < 4.78 is 5.56. The Morgan fingerprint density at radius 1 is 1.37 bits per heavy atom. The van der Waals surface area contributed by atoms with Gasteiger partial charge in [0.25, 0.3) is 0 Å². The monoisotopic (exact) mass is 281 g/mol. The zero-order valence-corrected chi connectivity index (χ0v) is 11.1. The summed E-state index contributed by atoms with van der Waals surface area (Å²) in [5, 5.41) is 6.25. The number of nitrogens with two attached hydrogens (primary N) is 1. The van der Waals surface area contributed by atoms with Crippen molar-refractivity contribution >= 4 is 23.3 Å². The van der Waals surface area contributed by atoms with Crippen molar-refractivity contribution in [1.82, 2.24) is 5.32 Å². The second kappa shape index (κ2) is 5.00. The molecule has 0 bridgehead atoms. The van der Waals surface area contributed by atoms with Gasteiger partial charge in [-0.05, 0) is 30.7 Å². The highest BCUT2D eigenvalue weighted by molar-refractivity contribution is 6.30. The van der Waals surface area contributed by atoms with Gasteiger partial charge in [0.2, 0.25) is 0 Å². The number of ether oxygens (including phenoxy) is 1.